The van der Waals surface area contributed by atoms with Gasteiger partial charge in [-0.2, -0.15) is 0 Å². The third-order valence-corrected chi connectivity index (χ3v) is 4.32. The average Bonchev–Trinajstić information content (AvgIpc) is 2.58. The minimum absolute atomic E-state index is 0.0871. The number of rotatable bonds is 4. The van der Waals surface area contributed by atoms with Gasteiger partial charge < -0.3 is 15.2 Å². The van der Waals surface area contributed by atoms with Gasteiger partial charge in [-0.05, 0) is 41.7 Å². The van der Waals surface area contributed by atoms with E-state index in [4.69, 9.17) is 4.74 Å². The topological polar surface area (TPSA) is 58.6 Å². The summed E-state index contributed by atoms with van der Waals surface area (Å²) in [6, 6.07) is 15.1. The molecule has 1 aliphatic carbocycles. The monoisotopic (exact) mass is 311 g/mol. The van der Waals surface area contributed by atoms with Crippen LogP contribution < -0.4 is 10.1 Å². The molecule has 1 amide bonds. The zero-order valence-corrected chi connectivity index (χ0v) is 13.2. The molecule has 0 aromatic heterocycles. The van der Waals surface area contributed by atoms with Crippen molar-refractivity contribution < 1.29 is 14.6 Å². The molecule has 0 radical (unpaired) electrons. The van der Waals surface area contributed by atoms with E-state index in [0.717, 1.165) is 23.3 Å². The first-order chi connectivity index (χ1) is 11.2. The number of nitrogens with one attached hydrogen (secondary N) is 1. The van der Waals surface area contributed by atoms with Gasteiger partial charge in [0.05, 0.1) is 25.7 Å². The summed E-state index contributed by atoms with van der Waals surface area (Å²) >= 11 is 0. The zero-order chi connectivity index (χ0) is 16.2. The summed E-state index contributed by atoms with van der Waals surface area (Å²) < 4.78 is 5.12. The molecule has 2 N–H and O–H groups in total. The first kappa shape index (κ1) is 15.6. The van der Waals surface area contributed by atoms with Crippen LogP contribution >= 0.6 is 0 Å². The van der Waals surface area contributed by atoms with Gasteiger partial charge in [0, 0.05) is 0 Å². The predicted molar refractivity (Wildman–Crippen MR) is 88.4 cm³/mol. The van der Waals surface area contributed by atoms with E-state index in [0.29, 0.717) is 6.42 Å². The molecule has 2 atom stereocenters. The van der Waals surface area contributed by atoms with Gasteiger partial charge in [0.2, 0.25) is 5.91 Å². The van der Waals surface area contributed by atoms with Crippen LogP contribution in [0.5, 0.6) is 5.75 Å². The summed E-state index contributed by atoms with van der Waals surface area (Å²) in [6.07, 6.45) is 1.27. The van der Waals surface area contributed by atoms with Crippen LogP contribution in [0.15, 0.2) is 48.5 Å². The number of ether oxygens (including phenoxy) is 1. The number of hydrogen-bond acceptors (Lipinski definition) is 3. The summed E-state index contributed by atoms with van der Waals surface area (Å²) in [4.78, 5) is 12.3. The molecule has 23 heavy (non-hydrogen) atoms. The Hall–Kier alpha value is -2.33. The minimum Gasteiger partial charge on any atom is -0.497 e. The Kier molecular flexibility index (Phi) is 4.63. The summed E-state index contributed by atoms with van der Waals surface area (Å²) in [5.41, 5.74) is 3.14. The lowest BCUT2D eigenvalue weighted by Gasteiger charge is -2.31. The number of aliphatic hydroxyl groups is 1. The fourth-order valence-electron chi connectivity index (χ4n) is 3.07. The van der Waals surface area contributed by atoms with Crippen molar-refractivity contribution in [3.63, 3.8) is 0 Å². The van der Waals surface area contributed by atoms with Crippen molar-refractivity contribution >= 4 is 5.91 Å². The highest BCUT2D eigenvalue weighted by atomic mass is 16.5. The predicted octanol–water partition coefficient (Wildman–Crippen LogP) is 2.40. The molecule has 0 saturated heterocycles. The first-order valence-electron chi connectivity index (χ1n) is 7.85. The lowest BCUT2D eigenvalue weighted by molar-refractivity contribution is -0.122. The lowest BCUT2D eigenvalue weighted by atomic mass is 9.85. The van der Waals surface area contributed by atoms with Gasteiger partial charge >= 0.3 is 0 Å². The first-order valence-corrected chi connectivity index (χ1v) is 7.85. The SMILES string of the molecule is COc1ccc(CC(=O)N[C@@H]2c3ccccc3CC[C@@H]2O)cc1. The Balaban J connectivity index is 1.69. The molecular weight excluding hydrogens is 290 g/mol. The van der Waals surface area contributed by atoms with E-state index in [-0.39, 0.29) is 18.4 Å². The van der Waals surface area contributed by atoms with Crippen LogP contribution in [0.25, 0.3) is 0 Å². The second-order valence-electron chi connectivity index (χ2n) is 5.87. The minimum atomic E-state index is -0.537. The highest BCUT2D eigenvalue weighted by Crippen LogP contribution is 2.29. The summed E-state index contributed by atoms with van der Waals surface area (Å²) in [5.74, 6) is 0.682. The van der Waals surface area contributed by atoms with E-state index in [9.17, 15) is 9.90 Å². The second kappa shape index (κ2) is 6.84. The Morgan fingerprint density at radius 3 is 2.70 bits per heavy atom. The number of carbonyl (C=O) groups excluding carboxylic acids is 1. The van der Waals surface area contributed by atoms with Crippen LogP contribution in [-0.4, -0.2) is 24.2 Å². The molecule has 0 heterocycles. The van der Waals surface area contributed by atoms with Gasteiger partial charge in [-0.25, -0.2) is 0 Å². The van der Waals surface area contributed by atoms with Gasteiger partial charge in [-0.3, -0.25) is 4.79 Å². The third-order valence-electron chi connectivity index (χ3n) is 4.32. The maximum absolute atomic E-state index is 12.3. The zero-order valence-electron chi connectivity index (χ0n) is 13.2. The van der Waals surface area contributed by atoms with Crippen LogP contribution in [0.4, 0.5) is 0 Å². The summed E-state index contributed by atoms with van der Waals surface area (Å²) in [5, 5.41) is 13.2. The van der Waals surface area contributed by atoms with Gasteiger partial charge in [0.25, 0.3) is 0 Å². The molecular formula is C19H21NO3. The van der Waals surface area contributed by atoms with Crippen molar-refractivity contribution in [3.05, 3.63) is 65.2 Å². The number of aryl methyl sites for hydroxylation is 1. The number of hydrogen-bond donors (Lipinski definition) is 2. The molecule has 4 heteroatoms. The molecule has 2 aromatic carbocycles. The maximum atomic E-state index is 12.3. The lowest BCUT2D eigenvalue weighted by Crippen LogP contribution is -2.39. The van der Waals surface area contributed by atoms with Gasteiger partial charge in [-0.15, -0.1) is 0 Å². The van der Waals surface area contributed by atoms with Crippen LogP contribution in [0, 0.1) is 0 Å². The fourth-order valence-corrected chi connectivity index (χ4v) is 3.07. The quantitative estimate of drug-likeness (QED) is 0.911. The van der Waals surface area contributed by atoms with E-state index in [1.54, 1.807) is 7.11 Å². The van der Waals surface area contributed by atoms with Crippen molar-refractivity contribution in [1.82, 2.24) is 5.32 Å². The molecule has 0 unspecified atom stereocenters. The molecule has 4 nitrogen and oxygen atoms in total. The van der Waals surface area contributed by atoms with Crippen LogP contribution in [0.2, 0.25) is 0 Å². The van der Waals surface area contributed by atoms with Crippen molar-refractivity contribution in [3.8, 4) is 5.75 Å². The smallest absolute Gasteiger partial charge is 0.224 e. The highest BCUT2D eigenvalue weighted by Gasteiger charge is 2.28. The molecule has 0 fully saturated rings. The molecule has 0 bridgehead atoms. The highest BCUT2D eigenvalue weighted by molar-refractivity contribution is 5.79. The van der Waals surface area contributed by atoms with E-state index in [1.807, 2.05) is 42.5 Å². The standard InChI is InChI=1S/C19H21NO3/c1-23-15-9-6-13(7-10-15)12-18(22)20-19-16-5-3-2-4-14(16)8-11-17(19)21/h2-7,9-10,17,19,21H,8,11-12H2,1H3,(H,20,22)/t17-,19+/m0/s1. The molecule has 0 saturated carbocycles. The summed E-state index contributed by atoms with van der Waals surface area (Å²) in [7, 11) is 1.61. The van der Waals surface area contributed by atoms with Crippen LogP contribution in [0.3, 0.4) is 0 Å². The largest absolute Gasteiger partial charge is 0.497 e. The van der Waals surface area contributed by atoms with Crippen molar-refractivity contribution in [1.29, 1.82) is 0 Å². The Morgan fingerprint density at radius 2 is 1.96 bits per heavy atom. The van der Waals surface area contributed by atoms with Crippen molar-refractivity contribution in [2.75, 3.05) is 7.11 Å². The van der Waals surface area contributed by atoms with Gasteiger partial charge in [0.1, 0.15) is 5.75 Å². The van der Waals surface area contributed by atoms with Gasteiger partial charge in [0.15, 0.2) is 0 Å². The second-order valence-corrected chi connectivity index (χ2v) is 5.87. The number of benzene rings is 2. The normalized spacial score (nSPS) is 19.7. The van der Waals surface area contributed by atoms with E-state index in [2.05, 4.69) is 11.4 Å². The molecule has 120 valence electrons. The van der Waals surface area contributed by atoms with Crippen molar-refractivity contribution in [2.45, 2.75) is 31.4 Å². The van der Waals surface area contributed by atoms with Crippen molar-refractivity contribution in [2.24, 2.45) is 0 Å². The van der Waals surface area contributed by atoms with E-state index < -0.39 is 6.10 Å². The average molecular weight is 311 g/mol. The molecule has 1 aliphatic rings. The van der Waals surface area contributed by atoms with Crippen LogP contribution in [0.1, 0.15) is 29.2 Å². The Bertz CT molecular complexity index is 681. The maximum Gasteiger partial charge on any atom is 0.224 e. The fraction of sp³-hybridized carbons (Fsp3) is 0.316. The molecule has 0 aliphatic heterocycles. The number of carbonyl (C=O) groups is 1. The van der Waals surface area contributed by atoms with E-state index in [1.165, 1.54) is 5.56 Å². The number of methoxy groups -OCH3 is 1. The Morgan fingerprint density at radius 1 is 1.22 bits per heavy atom. The molecule has 2 aromatic rings. The van der Waals surface area contributed by atoms with Crippen LogP contribution in [-0.2, 0) is 17.6 Å². The summed E-state index contributed by atoms with van der Waals surface area (Å²) in [6.45, 7) is 0. The number of aliphatic hydroxyl groups excluding tert-OH is 1. The Labute approximate surface area is 136 Å². The van der Waals surface area contributed by atoms with Gasteiger partial charge in [-0.1, -0.05) is 36.4 Å². The number of fused-ring (bicyclic) bond motifs is 1. The molecule has 0 spiro atoms. The molecule has 3 rings (SSSR count). The third kappa shape index (κ3) is 3.54. The van der Waals surface area contributed by atoms with E-state index >= 15 is 0 Å². The number of amides is 1.